The van der Waals surface area contributed by atoms with Gasteiger partial charge in [0.2, 0.25) is 0 Å². The second kappa shape index (κ2) is 8.42. The van der Waals surface area contributed by atoms with Crippen molar-refractivity contribution in [2.75, 3.05) is 26.8 Å². The van der Waals surface area contributed by atoms with E-state index in [0.29, 0.717) is 19.8 Å². The highest BCUT2D eigenvalue weighted by Crippen LogP contribution is 2.39. The molecule has 27 heavy (non-hydrogen) atoms. The number of rotatable bonds is 7. The molecule has 0 bridgehead atoms. The Kier molecular flexibility index (Phi) is 6.20. The first-order chi connectivity index (χ1) is 12.9. The van der Waals surface area contributed by atoms with Gasteiger partial charge in [-0.2, -0.15) is 0 Å². The smallest absolute Gasteiger partial charge is 0.140 e. The van der Waals surface area contributed by atoms with Crippen LogP contribution in [0.3, 0.4) is 0 Å². The average molecular weight is 387 g/mol. The number of benzene rings is 2. The highest BCUT2D eigenvalue weighted by Gasteiger charge is 2.43. The fourth-order valence-electron chi connectivity index (χ4n) is 3.08. The molecule has 5 heteroatoms. The van der Waals surface area contributed by atoms with Gasteiger partial charge in [-0.3, -0.25) is 0 Å². The van der Waals surface area contributed by atoms with Crippen LogP contribution in [0.1, 0.15) is 29.2 Å². The maximum Gasteiger partial charge on any atom is 0.140 e. The summed E-state index contributed by atoms with van der Waals surface area (Å²) in [5.41, 5.74) is 5.19. The molecule has 0 saturated carbocycles. The van der Waals surface area contributed by atoms with Gasteiger partial charge in [0.05, 0.1) is 31.8 Å². The summed E-state index contributed by atoms with van der Waals surface area (Å²) in [5.74, 6) is 0. The fraction of sp³-hybridized carbons (Fsp3) is 0.409. The molecule has 0 spiro atoms. The van der Waals surface area contributed by atoms with Crippen molar-refractivity contribution in [1.29, 1.82) is 0 Å². The molecule has 1 fully saturated rings. The van der Waals surface area contributed by atoms with Gasteiger partial charge in [-0.1, -0.05) is 29.8 Å². The predicted octanol–water partition coefficient (Wildman–Crippen LogP) is 5.01. The van der Waals surface area contributed by atoms with Crippen LogP contribution < -0.4 is 0 Å². The van der Waals surface area contributed by atoms with Crippen molar-refractivity contribution in [2.45, 2.75) is 33.0 Å². The molecule has 0 radical (unpaired) electrons. The van der Waals surface area contributed by atoms with Crippen molar-refractivity contribution in [3.05, 3.63) is 63.7 Å². The zero-order chi connectivity index (χ0) is 19.4. The average Bonchev–Trinajstić information content (AvgIpc) is 2.63. The molecule has 2 aromatic carbocycles. The fourth-order valence-corrected chi connectivity index (χ4v) is 3.21. The molecule has 144 valence electrons. The molecule has 0 atom stereocenters. The summed E-state index contributed by atoms with van der Waals surface area (Å²) in [6.07, 6.45) is 1.88. The quantitative estimate of drug-likeness (QED) is 0.495. The van der Waals surface area contributed by atoms with Gasteiger partial charge in [0.1, 0.15) is 5.60 Å². The summed E-state index contributed by atoms with van der Waals surface area (Å²) in [6, 6.07) is 12.1. The lowest BCUT2D eigenvalue weighted by molar-refractivity contribution is -0.223. The Morgan fingerprint density at radius 1 is 1.19 bits per heavy atom. The predicted molar refractivity (Wildman–Crippen MR) is 111 cm³/mol. The Balaban J connectivity index is 1.81. The topological polar surface area (TPSA) is 34.1 Å². The van der Waals surface area contributed by atoms with E-state index in [4.69, 9.17) is 21.1 Å². The molecule has 1 aliphatic heterocycles. The summed E-state index contributed by atoms with van der Waals surface area (Å²) in [4.78, 5) is 6.68. The highest BCUT2D eigenvalue weighted by molar-refractivity contribution is 6.30. The van der Waals surface area contributed by atoms with E-state index >= 15 is 0 Å². The van der Waals surface area contributed by atoms with Crippen molar-refractivity contribution >= 4 is 23.6 Å². The van der Waals surface area contributed by atoms with Crippen molar-refractivity contribution in [1.82, 2.24) is 4.90 Å². The number of halogens is 1. The maximum atomic E-state index is 6.35. The summed E-state index contributed by atoms with van der Waals surface area (Å²) in [5, 5.41) is 0.733. The zero-order valence-corrected chi connectivity index (χ0v) is 17.2. The minimum atomic E-state index is -0.392. The largest absolute Gasteiger partial charge is 0.375 e. The third-order valence-corrected chi connectivity index (χ3v) is 5.28. The normalized spacial score (nSPS) is 15.7. The second-order valence-corrected chi connectivity index (χ2v) is 7.61. The van der Waals surface area contributed by atoms with E-state index in [0.717, 1.165) is 28.4 Å². The van der Waals surface area contributed by atoms with Crippen LogP contribution in [0.4, 0.5) is 5.69 Å². The van der Waals surface area contributed by atoms with Gasteiger partial charge < -0.3 is 14.4 Å². The lowest BCUT2D eigenvalue weighted by Gasteiger charge is -2.42. The van der Waals surface area contributed by atoms with Gasteiger partial charge >= 0.3 is 0 Å². The van der Waals surface area contributed by atoms with Crippen LogP contribution in [0.15, 0.2) is 41.4 Å². The van der Waals surface area contributed by atoms with Crippen LogP contribution in [-0.4, -0.2) is 38.0 Å². The molecule has 1 saturated heterocycles. The zero-order valence-electron chi connectivity index (χ0n) is 16.5. The Labute approximate surface area is 166 Å². The molecule has 4 nitrogen and oxygen atoms in total. The first-order valence-electron chi connectivity index (χ1n) is 9.26. The minimum absolute atomic E-state index is 0.392. The van der Waals surface area contributed by atoms with Crippen molar-refractivity contribution in [3.8, 4) is 0 Å². The van der Waals surface area contributed by atoms with Crippen LogP contribution in [0.25, 0.3) is 0 Å². The number of hydrogen-bond acceptors (Lipinski definition) is 3. The Morgan fingerprint density at radius 2 is 1.89 bits per heavy atom. The van der Waals surface area contributed by atoms with Crippen LogP contribution in [0.2, 0.25) is 5.02 Å². The van der Waals surface area contributed by atoms with Crippen LogP contribution in [0.5, 0.6) is 0 Å². The van der Waals surface area contributed by atoms with Crippen molar-refractivity contribution in [2.24, 2.45) is 4.99 Å². The molecule has 1 aliphatic rings. The summed E-state index contributed by atoms with van der Waals surface area (Å²) < 4.78 is 11.9. The number of ether oxygens (including phenoxy) is 2. The standard InChI is InChI=1S/C22H27ClN2O2/c1-5-25(4)15-24-21-11-16(2)20(10-17(21)3)22(13-26-14-22)27-12-18-6-8-19(23)9-7-18/h6-11,15H,5,12-14H2,1-4H3. The van der Waals surface area contributed by atoms with Crippen molar-refractivity contribution < 1.29 is 9.47 Å². The maximum absolute atomic E-state index is 6.35. The molecular weight excluding hydrogens is 360 g/mol. The third kappa shape index (κ3) is 4.52. The molecule has 0 aromatic heterocycles. The SMILES string of the molecule is CCN(C)C=Nc1cc(C)c(C2(OCc3ccc(Cl)cc3)COC2)cc1C. The lowest BCUT2D eigenvalue weighted by Crippen LogP contribution is -2.49. The van der Waals surface area contributed by atoms with Gasteiger partial charge in [-0.05, 0) is 61.2 Å². The first-order valence-corrected chi connectivity index (χ1v) is 9.63. The molecular formula is C22H27ClN2O2. The monoisotopic (exact) mass is 386 g/mol. The van der Waals surface area contributed by atoms with E-state index < -0.39 is 5.60 Å². The number of hydrogen-bond donors (Lipinski definition) is 0. The molecule has 0 N–H and O–H groups in total. The number of aryl methyl sites for hydroxylation is 2. The van der Waals surface area contributed by atoms with E-state index in [-0.39, 0.29) is 0 Å². The van der Waals surface area contributed by atoms with E-state index in [9.17, 15) is 0 Å². The Hall–Kier alpha value is -1.88. The van der Waals surface area contributed by atoms with E-state index in [1.165, 1.54) is 11.1 Å². The molecule has 3 rings (SSSR count). The van der Waals surface area contributed by atoms with Gasteiger partial charge in [0.15, 0.2) is 0 Å². The Morgan fingerprint density at radius 3 is 2.48 bits per heavy atom. The van der Waals surface area contributed by atoms with Gasteiger partial charge in [0.25, 0.3) is 0 Å². The number of nitrogens with zero attached hydrogens (tertiary/aromatic N) is 2. The molecule has 2 aromatic rings. The lowest BCUT2D eigenvalue weighted by atomic mass is 9.86. The van der Waals surface area contributed by atoms with Crippen LogP contribution in [-0.2, 0) is 21.7 Å². The number of aliphatic imine (C=N–C) groups is 1. The molecule has 0 amide bonds. The summed E-state index contributed by atoms with van der Waals surface area (Å²) in [7, 11) is 2.02. The summed E-state index contributed by atoms with van der Waals surface area (Å²) in [6.45, 7) is 8.91. The highest BCUT2D eigenvalue weighted by atomic mass is 35.5. The van der Waals surface area contributed by atoms with Crippen LogP contribution in [0, 0.1) is 13.8 Å². The third-order valence-electron chi connectivity index (χ3n) is 5.03. The van der Waals surface area contributed by atoms with Crippen molar-refractivity contribution in [3.63, 3.8) is 0 Å². The Bertz CT molecular complexity index is 814. The van der Waals surface area contributed by atoms with Gasteiger partial charge in [-0.25, -0.2) is 4.99 Å². The molecule has 0 aliphatic carbocycles. The van der Waals surface area contributed by atoms with E-state index in [2.05, 4.69) is 42.8 Å². The van der Waals surface area contributed by atoms with E-state index in [1.807, 2.05) is 37.7 Å². The summed E-state index contributed by atoms with van der Waals surface area (Å²) >= 11 is 5.97. The molecule has 0 unspecified atom stereocenters. The second-order valence-electron chi connectivity index (χ2n) is 7.17. The van der Waals surface area contributed by atoms with Gasteiger partial charge in [0, 0.05) is 18.6 Å². The van der Waals surface area contributed by atoms with Crippen LogP contribution >= 0.6 is 11.6 Å². The van der Waals surface area contributed by atoms with Gasteiger partial charge in [-0.15, -0.1) is 0 Å². The minimum Gasteiger partial charge on any atom is -0.375 e. The molecule has 1 heterocycles. The van der Waals surface area contributed by atoms with E-state index in [1.54, 1.807) is 0 Å². The first kappa shape index (κ1) is 19.9.